The van der Waals surface area contributed by atoms with Gasteiger partial charge in [0.05, 0.1) is 30.6 Å². The molecule has 0 radical (unpaired) electrons. The number of ether oxygens (including phenoxy) is 1. The van der Waals surface area contributed by atoms with Crippen LogP contribution in [0.15, 0.2) is 34.1 Å². The van der Waals surface area contributed by atoms with Crippen molar-refractivity contribution in [3.05, 3.63) is 44.8 Å². The lowest BCUT2D eigenvalue weighted by molar-refractivity contribution is 0.415. The summed E-state index contributed by atoms with van der Waals surface area (Å²) in [7, 11) is 1.66. The van der Waals surface area contributed by atoms with Crippen molar-refractivity contribution in [2.75, 3.05) is 7.11 Å². The average Bonchev–Trinajstić information content (AvgIpc) is 3.03. The standard InChI is InChI=1S/C14H12BrClN2OS/c1-19-9-2-3-12-11(6-9)17-14(7-16)18(12)8-13-10(15)4-5-20-13/h2-6H,7-8H2,1H3. The number of aromatic nitrogens is 2. The summed E-state index contributed by atoms with van der Waals surface area (Å²) in [4.78, 5) is 5.85. The first-order valence-electron chi connectivity index (χ1n) is 6.04. The first-order valence-corrected chi connectivity index (χ1v) is 8.24. The highest BCUT2D eigenvalue weighted by Crippen LogP contribution is 2.28. The maximum atomic E-state index is 6.03. The lowest BCUT2D eigenvalue weighted by atomic mass is 10.3. The Hall–Kier alpha value is -1.04. The van der Waals surface area contributed by atoms with Crippen LogP contribution in [0.4, 0.5) is 0 Å². The van der Waals surface area contributed by atoms with Gasteiger partial charge in [-0.05, 0) is 39.5 Å². The maximum Gasteiger partial charge on any atom is 0.125 e. The molecule has 1 aromatic carbocycles. The molecule has 104 valence electrons. The number of benzene rings is 1. The van der Waals surface area contributed by atoms with E-state index in [1.54, 1.807) is 18.4 Å². The molecule has 0 aliphatic carbocycles. The Morgan fingerprint density at radius 3 is 2.90 bits per heavy atom. The van der Waals surface area contributed by atoms with Gasteiger partial charge in [-0.2, -0.15) is 0 Å². The second kappa shape index (κ2) is 5.76. The monoisotopic (exact) mass is 370 g/mol. The van der Waals surface area contributed by atoms with E-state index in [1.165, 1.54) is 4.88 Å². The predicted octanol–water partition coefficient (Wildman–Crippen LogP) is 4.66. The fourth-order valence-corrected chi connectivity index (χ4v) is 3.82. The minimum absolute atomic E-state index is 0.389. The molecule has 3 aromatic rings. The molecular formula is C14H12BrClN2OS. The van der Waals surface area contributed by atoms with Crippen LogP contribution in [-0.2, 0) is 12.4 Å². The highest BCUT2D eigenvalue weighted by atomic mass is 79.9. The van der Waals surface area contributed by atoms with Gasteiger partial charge in [-0.3, -0.25) is 0 Å². The van der Waals surface area contributed by atoms with E-state index in [1.807, 2.05) is 18.2 Å². The summed E-state index contributed by atoms with van der Waals surface area (Å²) in [5.74, 6) is 2.07. The normalized spacial score (nSPS) is 11.2. The Labute approximate surface area is 134 Å². The number of hydrogen-bond donors (Lipinski definition) is 0. The highest BCUT2D eigenvalue weighted by Gasteiger charge is 2.13. The van der Waals surface area contributed by atoms with Crippen molar-refractivity contribution in [1.82, 2.24) is 9.55 Å². The number of nitrogens with zero attached hydrogens (tertiary/aromatic N) is 2. The van der Waals surface area contributed by atoms with Gasteiger partial charge < -0.3 is 9.30 Å². The number of methoxy groups -OCH3 is 1. The van der Waals surface area contributed by atoms with Gasteiger partial charge in [-0.25, -0.2) is 4.98 Å². The van der Waals surface area contributed by atoms with E-state index in [0.717, 1.165) is 33.6 Å². The van der Waals surface area contributed by atoms with Crippen LogP contribution in [0.5, 0.6) is 5.75 Å². The van der Waals surface area contributed by atoms with Gasteiger partial charge in [-0.15, -0.1) is 22.9 Å². The van der Waals surface area contributed by atoms with Crippen LogP contribution in [0, 0.1) is 0 Å². The quantitative estimate of drug-likeness (QED) is 0.624. The summed E-state index contributed by atoms with van der Waals surface area (Å²) in [5.41, 5.74) is 1.98. The van der Waals surface area contributed by atoms with Gasteiger partial charge in [0.1, 0.15) is 11.6 Å². The Kier molecular flexibility index (Phi) is 4.01. The fraction of sp³-hybridized carbons (Fsp3) is 0.214. The van der Waals surface area contributed by atoms with E-state index in [4.69, 9.17) is 16.3 Å². The number of halogens is 2. The largest absolute Gasteiger partial charge is 0.497 e. The third-order valence-corrected chi connectivity index (χ3v) is 5.30. The van der Waals surface area contributed by atoms with Crippen molar-refractivity contribution in [2.45, 2.75) is 12.4 Å². The predicted molar refractivity (Wildman–Crippen MR) is 87.0 cm³/mol. The lowest BCUT2D eigenvalue weighted by Crippen LogP contribution is -2.02. The third-order valence-electron chi connectivity index (χ3n) is 3.15. The lowest BCUT2D eigenvalue weighted by Gasteiger charge is -2.07. The Balaban J connectivity index is 2.10. The van der Waals surface area contributed by atoms with Crippen LogP contribution >= 0.6 is 38.9 Å². The van der Waals surface area contributed by atoms with Crippen LogP contribution in [0.3, 0.4) is 0 Å². The number of fused-ring (bicyclic) bond motifs is 1. The van der Waals surface area contributed by atoms with Crippen LogP contribution in [0.25, 0.3) is 11.0 Å². The van der Waals surface area contributed by atoms with E-state index < -0.39 is 0 Å². The molecule has 0 unspecified atom stereocenters. The molecule has 2 heterocycles. The summed E-state index contributed by atoms with van der Waals surface area (Å²) < 4.78 is 8.52. The molecule has 6 heteroatoms. The minimum Gasteiger partial charge on any atom is -0.497 e. The number of thiophene rings is 1. The van der Waals surface area contributed by atoms with Crippen LogP contribution in [0.1, 0.15) is 10.7 Å². The maximum absolute atomic E-state index is 6.03. The molecule has 2 aromatic heterocycles. The van der Waals surface area contributed by atoms with Gasteiger partial charge in [0.2, 0.25) is 0 Å². The van der Waals surface area contributed by atoms with Gasteiger partial charge in [0.25, 0.3) is 0 Å². The van der Waals surface area contributed by atoms with Gasteiger partial charge >= 0.3 is 0 Å². The molecule has 3 rings (SSSR count). The van der Waals surface area contributed by atoms with E-state index in [9.17, 15) is 0 Å². The zero-order valence-corrected chi connectivity index (χ0v) is 13.9. The van der Waals surface area contributed by atoms with E-state index >= 15 is 0 Å². The van der Waals surface area contributed by atoms with Gasteiger partial charge in [-0.1, -0.05) is 0 Å². The van der Waals surface area contributed by atoms with Gasteiger partial charge in [0, 0.05) is 15.4 Å². The van der Waals surface area contributed by atoms with E-state index in [-0.39, 0.29) is 0 Å². The highest BCUT2D eigenvalue weighted by molar-refractivity contribution is 9.10. The second-order valence-corrected chi connectivity index (χ2v) is 6.42. The first kappa shape index (κ1) is 13.9. The van der Waals surface area contributed by atoms with E-state index in [0.29, 0.717) is 5.88 Å². The average molecular weight is 372 g/mol. The molecule has 0 fully saturated rings. The van der Waals surface area contributed by atoms with E-state index in [2.05, 4.69) is 36.9 Å². The molecule has 0 N–H and O–H groups in total. The minimum atomic E-state index is 0.389. The van der Waals surface area contributed by atoms with Crippen LogP contribution in [0.2, 0.25) is 0 Å². The SMILES string of the molecule is COc1ccc2c(c1)nc(CCl)n2Cc1sccc1Br. The zero-order chi connectivity index (χ0) is 14.1. The van der Waals surface area contributed by atoms with Crippen molar-refractivity contribution in [1.29, 1.82) is 0 Å². The van der Waals surface area contributed by atoms with Crippen molar-refractivity contribution in [3.8, 4) is 5.75 Å². The third kappa shape index (κ3) is 2.45. The Bertz CT molecular complexity index is 753. The van der Waals surface area contributed by atoms with Crippen molar-refractivity contribution in [2.24, 2.45) is 0 Å². The zero-order valence-electron chi connectivity index (χ0n) is 10.8. The molecular weight excluding hydrogens is 360 g/mol. The van der Waals surface area contributed by atoms with Crippen molar-refractivity contribution in [3.63, 3.8) is 0 Å². The van der Waals surface area contributed by atoms with Gasteiger partial charge in [0.15, 0.2) is 0 Å². The fourth-order valence-electron chi connectivity index (χ4n) is 2.15. The summed E-state index contributed by atoms with van der Waals surface area (Å²) >= 11 is 11.3. The summed E-state index contributed by atoms with van der Waals surface area (Å²) in [5, 5.41) is 2.07. The molecule has 0 amide bonds. The van der Waals surface area contributed by atoms with Crippen LogP contribution in [-0.4, -0.2) is 16.7 Å². The topological polar surface area (TPSA) is 27.1 Å². The summed E-state index contributed by atoms with van der Waals surface area (Å²) in [6, 6.07) is 7.97. The molecule has 0 atom stereocenters. The summed E-state index contributed by atoms with van der Waals surface area (Å²) in [6.07, 6.45) is 0. The van der Waals surface area contributed by atoms with Crippen molar-refractivity contribution < 1.29 is 4.74 Å². The first-order chi connectivity index (χ1) is 9.72. The molecule has 20 heavy (non-hydrogen) atoms. The molecule has 0 spiro atoms. The molecule has 0 aliphatic rings. The molecule has 0 saturated heterocycles. The smallest absolute Gasteiger partial charge is 0.125 e. The number of imidazole rings is 1. The summed E-state index contributed by atoms with van der Waals surface area (Å²) in [6.45, 7) is 0.767. The number of hydrogen-bond acceptors (Lipinski definition) is 3. The molecule has 0 saturated carbocycles. The Morgan fingerprint density at radius 1 is 1.40 bits per heavy atom. The second-order valence-electron chi connectivity index (χ2n) is 4.29. The van der Waals surface area contributed by atoms with Crippen LogP contribution < -0.4 is 4.74 Å². The Morgan fingerprint density at radius 2 is 2.25 bits per heavy atom. The number of alkyl halides is 1. The van der Waals surface area contributed by atoms with Crippen molar-refractivity contribution >= 4 is 49.9 Å². The number of rotatable bonds is 4. The molecule has 3 nitrogen and oxygen atoms in total. The molecule has 0 bridgehead atoms. The molecule has 0 aliphatic heterocycles.